The molecule has 0 unspecified atom stereocenters. The van der Waals surface area contributed by atoms with Gasteiger partial charge < -0.3 is 40.1 Å². The van der Waals surface area contributed by atoms with Gasteiger partial charge in [0.05, 0.1) is 23.1 Å². The third-order valence-corrected chi connectivity index (χ3v) is 5.06. The predicted octanol–water partition coefficient (Wildman–Crippen LogP) is -0.0667. The van der Waals surface area contributed by atoms with Crippen molar-refractivity contribution in [3.05, 3.63) is 34.9 Å². The molecule has 2 aromatic carbocycles. The Hall–Kier alpha value is -2.76. The van der Waals surface area contributed by atoms with E-state index in [1.165, 1.54) is 19.1 Å². The van der Waals surface area contributed by atoms with E-state index in [1.54, 1.807) is 6.92 Å². The Morgan fingerprint density at radius 1 is 1.10 bits per heavy atom. The van der Waals surface area contributed by atoms with Crippen LogP contribution in [0.3, 0.4) is 0 Å². The summed E-state index contributed by atoms with van der Waals surface area (Å²) in [6, 6.07) is 3.87. The number of Topliss-reactive ketones (excluding diaryl/α,β-unsaturated/α-hetero) is 1. The Balaban J connectivity index is 2.17. The van der Waals surface area contributed by atoms with Crippen LogP contribution in [0, 0.1) is 6.92 Å². The number of aromatic hydroxyl groups is 1. The Morgan fingerprint density at radius 3 is 2.33 bits per heavy atom. The summed E-state index contributed by atoms with van der Waals surface area (Å²) < 4.78 is 10.9. The fraction of sp³-hybridized carbons (Fsp3) is 0.400. The normalized spacial score (nSPS) is 26.5. The molecule has 1 heterocycles. The van der Waals surface area contributed by atoms with E-state index < -0.39 is 54.8 Å². The molecule has 1 saturated heterocycles. The number of phenols is 1. The van der Waals surface area contributed by atoms with Crippen LogP contribution in [-0.4, -0.2) is 79.7 Å². The van der Waals surface area contributed by atoms with E-state index >= 15 is 0 Å². The number of benzene rings is 2. The molecule has 3 rings (SSSR count). The van der Waals surface area contributed by atoms with Crippen LogP contribution in [0.25, 0.3) is 10.8 Å². The molecule has 1 aliphatic rings. The lowest BCUT2D eigenvalue weighted by Gasteiger charge is -2.39. The molecule has 0 bridgehead atoms. The number of aliphatic hydroxyl groups excluding tert-OH is 4. The molecular formula is C20H22O10. The Morgan fingerprint density at radius 2 is 1.77 bits per heavy atom. The van der Waals surface area contributed by atoms with Gasteiger partial charge in [-0.2, -0.15) is 0 Å². The topological polar surface area (TPSA) is 174 Å². The van der Waals surface area contributed by atoms with Gasteiger partial charge in [-0.25, -0.2) is 4.79 Å². The summed E-state index contributed by atoms with van der Waals surface area (Å²) in [5.41, 5.74) is 0.245. The average Bonchev–Trinajstić information content (AvgIpc) is 2.67. The molecule has 0 radical (unpaired) electrons. The van der Waals surface area contributed by atoms with Gasteiger partial charge in [0.1, 0.15) is 35.9 Å². The van der Waals surface area contributed by atoms with E-state index in [0.717, 1.165) is 6.07 Å². The smallest absolute Gasteiger partial charge is 0.335 e. The van der Waals surface area contributed by atoms with Crippen LogP contribution >= 0.6 is 0 Å². The highest BCUT2D eigenvalue weighted by molar-refractivity contribution is 6.08. The number of fused-ring (bicyclic) bond motifs is 1. The number of aryl methyl sites for hydroxylation is 1. The number of ether oxygens (including phenoxy) is 2. The molecule has 0 saturated carbocycles. The average molecular weight is 422 g/mol. The molecular weight excluding hydrogens is 400 g/mol. The van der Waals surface area contributed by atoms with Crippen LogP contribution < -0.4 is 4.74 Å². The number of aliphatic hydroxyl groups is 4. The summed E-state index contributed by atoms with van der Waals surface area (Å²) in [6.07, 6.45) is -7.91. The van der Waals surface area contributed by atoms with Gasteiger partial charge in [-0.15, -0.1) is 0 Å². The van der Waals surface area contributed by atoms with Crippen molar-refractivity contribution in [3.8, 4) is 11.5 Å². The minimum absolute atomic E-state index is 0.00719. The van der Waals surface area contributed by atoms with Crippen LogP contribution in [-0.2, 0) is 4.74 Å². The van der Waals surface area contributed by atoms with Crippen molar-refractivity contribution in [2.75, 3.05) is 6.61 Å². The molecule has 0 amide bonds. The summed E-state index contributed by atoms with van der Waals surface area (Å²) in [7, 11) is 0. The Kier molecular flexibility index (Phi) is 5.97. The fourth-order valence-corrected chi connectivity index (χ4v) is 3.57. The molecule has 1 aliphatic heterocycles. The zero-order valence-corrected chi connectivity index (χ0v) is 16.1. The van der Waals surface area contributed by atoms with Crippen LogP contribution in [0.4, 0.5) is 0 Å². The first-order valence-corrected chi connectivity index (χ1v) is 9.08. The second kappa shape index (κ2) is 8.17. The lowest BCUT2D eigenvalue weighted by molar-refractivity contribution is -0.277. The van der Waals surface area contributed by atoms with Gasteiger partial charge in [-0.1, -0.05) is 6.07 Å². The number of phenolic OH excluding ortho intramolecular Hbond substituents is 1. The quantitative estimate of drug-likeness (QED) is 0.358. The van der Waals surface area contributed by atoms with Crippen LogP contribution in [0.1, 0.15) is 33.2 Å². The van der Waals surface area contributed by atoms with Crippen LogP contribution in [0.15, 0.2) is 18.2 Å². The number of carboxylic acid groups (broad SMARTS) is 1. The summed E-state index contributed by atoms with van der Waals surface area (Å²) >= 11 is 0. The molecule has 6 N–H and O–H groups in total. The third kappa shape index (κ3) is 3.71. The Bertz CT molecular complexity index is 999. The van der Waals surface area contributed by atoms with Gasteiger partial charge in [0, 0.05) is 0 Å². The summed E-state index contributed by atoms with van der Waals surface area (Å²) in [4.78, 5) is 23.5. The maximum atomic E-state index is 12.0. The molecule has 1 fully saturated rings. The standard InChI is InChI=1S/C20H22O10/c1-7-3-9-4-10(19(27)28)5-11(14(9)16(24)13(7)8(2)22)29-20-18(26)17(25)15(23)12(6-21)30-20/h3-5,12,15,17-18,20-21,23-26H,6H2,1-2H3,(H,27,28)/t12-,15-,17+,18-,20+/m1/s1. The highest BCUT2D eigenvalue weighted by Crippen LogP contribution is 2.40. The van der Waals surface area contributed by atoms with E-state index in [0.29, 0.717) is 5.56 Å². The van der Waals surface area contributed by atoms with Crippen molar-refractivity contribution in [3.63, 3.8) is 0 Å². The highest BCUT2D eigenvalue weighted by Gasteiger charge is 2.45. The van der Waals surface area contributed by atoms with Crippen molar-refractivity contribution in [1.29, 1.82) is 0 Å². The second-order valence-electron chi connectivity index (χ2n) is 7.17. The van der Waals surface area contributed by atoms with E-state index in [-0.39, 0.29) is 27.6 Å². The van der Waals surface area contributed by atoms with Gasteiger partial charge in [0.2, 0.25) is 6.29 Å². The number of carbonyl (C=O) groups excluding carboxylic acids is 1. The molecule has 2 aromatic rings. The van der Waals surface area contributed by atoms with Gasteiger partial charge >= 0.3 is 5.97 Å². The predicted molar refractivity (Wildman–Crippen MR) is 102 cm³/mol. The zero-order chi connectivity index (χ0) is 22.3. The number of ketones is 1. The second-order valence-corrected chi connectivity index (χ2v) is 7.17. The number of hydrogen-bond acceptors (Lipinski definition) is 9. The molecule has 0 aromatic heterocycles. The van der Waals surface area contributed by atoms with Crippen molar-refractivity contribution in [1.82, 2.24) is 0 Å². The van der Waals surface area contributed by atoms with Crippen molar-refractivity contribution in [2.24, 2.45) is 0 Å². The minimum atomic E-state index is -1.74. The first kappa shape index (κ1) is 21.9. The maximum Gasteiger partial charge on any atom is 0.335 e. The maximum absolute atomic E-state index is 12.0. The lowest BCUT2D eigenvalue weighted by atomic mass is 9.95. The monoisotopic (exact) mass is 422 g/mol. The van der Waals surface area contributed by atoms with E-state index in [1.807, 2.05) is 0 Å². The van der Waals surface area contributed by atoms with Gasteiger partial charge in [0.25, 0.3) is 0 Å². The first-order chi connectivity index (χ1) is 14.1. The summed E-state index contributed by atoms with van der Waals surface area (Å²) in [6.45, 7) is 2.17. The fourth-order valence-electron chi connectivity index (χ4n) is 3.57. The van der Waals surface area contributed by atoms with Crippen molar-refractivity contribution >= 4 is 22.5 Å². The summed E-state index contributed by atoms with van der Waals surface area (Å²) in [5, 5.41) is 59.8. The van der Waals surface area contributed by atoms with Crippen molar-refractivity contribution < 1.29 is 49.7 Å². The Labute approximate surface area is 170 Å². The van der Waals surface area contributed by atoms with Gasteiger partial charge in [0.15, 0.2) is 5.78 Å². The minimum Gasteiger partial charge on any atom is -0.506 e. The van der Waals surface area contributed by atoms with E-state index in [2.05, 4.69) is 0 Å². The van der Waals surface area contributed by atoms with Crippen LogP contribution in [0.2, 0.25) is 0 Å². The molecule has 5 atom stereocenters. The number of rotatable bonds is 5. The number of carbonyl (C=O) groups is 2. The van der Waals surface area contributed by atoms with Crippen LogP contribution in [0.5, 0.6) is 11.5 Å². The number of carboxylic acids is 1. The molecule has 30 heavy (non-hydrogen) atoms. The van der Waals surface area contributed by atoms with E-state index in [9.17, 15) is 40.2 Å². The lowest BCUT2D eigenvalue weighted by Crippen LogP contribution is -2.60. The van der Waals surface area contributed by atoms with Gasteiger partial charge in [-0.3, -0.25) is 4.79 Å². The molecule has 162 valence electrons. The number of hydrogen-bond donors (Lipinski definition) is 6. The SMILES string of the molecule is CC(=O)c1c(C)cc2cc(C(=O)O)cc(O[C@H]3O[C@H](CO)[C@@H](O)[C@H](O)[C@H]3O)c2c1O. The highest BCUT2D eigenvalue weighted by atomic mass is 16.7. The molecule has 10 heteroatoms. The van der Waals surface area contributed by atoms with E-state index in [4.69, 9.17) is 9.47 Å². The molecule has 0 spiro atoms. The van der Waals surface area contributed by atoms with Crippen molar-refractivity contribution in [2.45, 2.75) is 44.6 Å². The van der Waals surface area contributed by atoms with Gasteiger partial charge in [-0.05, 0) is 36.9 Å². The first-order valence-electron chi connectivity index (χ1n) is 9.08. The largest absolute Gasteiger partial charge is 0.506 e. The number of aromatic carboxylic acids is 1. The molecule has 0 aliphatic carbocycles. The molecule has 10 nitrogen and oxygen atoms in total. The zero-order valence-electron chi connectivity index (χ0n) is 16.1. The summed E-state index contributed by atoms with van der Waals surface area (Å²) in [5.74, 6) is -2.38. The third-order valence-electron chi connectivity index (χ3n) is 5.06.